The van der Waals surface area contributed by atoms with Crippen LogP contribution in [-0.4, -0.2) is 59.2 Å². The summed E-state index contributed by atoms with van der Waals surface area (Å²) >= 11 is 0. The third kappa shape index (κ3) is 4.11. The summed E-state index contributed by atoms with van der Waals surface area (Å²) in [7, 11) is 0. The Kier molecular flexibility index (Phi) is 5.45. The van der Waals surface area contributed by atoms with Crippen LogP contribution in [-0.2, 0) is 6.54 Å². The van der Waals surface area contributed by atoms with Crippen LogP contribution in [0.3, 0.4) is 0 Å². The molecule has 1 aliphatic rings. The normalized spacial score (nSPS) is 16.9. The Labute approximate surface area is 123 Å². The van der Waals surface area contributed by atoms with Crippen LogP contribution in [0.25, 0.3) is 0 Å². The number of nitrogens with two attached hydrogens (primary N) is 1. The summed E-state index contributed by atoms with van der Waals surface area (Å²) in [6.07, 6.45) is 0. The Balaban J connectivity index is 2.02. The van der Waals surface area contributed by atoms with Gasteiger partial charge in [0, 0.05) is 51.4 Å². The number of nitro benzene ring substituents is 1. The zero-order chi connectivity index (χ0) is 15.2. The molecule has 0 amide bonds. The van der Waals surface area contributed by atoms with Crippen LogP contribution in [0.2, 0.25) is 0 Å². The number of hydrogen-bond donors (Lipinski definition) is 3. The molecule has 1 fully saturated rings. The van der Waals surface area contributed by atoms with E-state index in [2.05, 4.69) is 15.2 Å². The van der Waals surface area contributed by atoms with E-state index in [1.807, 2.05) is 0 Å². The Bertz CT molecular complexity index is 489. The van der Waals surface area contributed by atoms with Crippen molar-refractivity contribution in [3.63, 3.8) is 0 Å². The molecule has 116 valence electrons. The lowest BCUT2D eigenvalue weighted by molar-refractivity contribution is -0.384. The van der Waals surface area contributed by atoms with E-state index < -0.39 is 4.92 Å². The van der Waals surface area contributed by atoms with Gasteiger partial charge in [0.05, 0.1) is 17.2 Å². The first-order valence-corrected chi connectivity index (χ1v) is 6.93. The maximum absolute atomic E-state index is 10.9. The van der Waals surface area contributed by atoms with E-state index in [0.717, 1.165) is 31.7 Å². The number of rotatable bonds is 6. The second-order valence-corrected chi connectivity index (χ2v) is 5.08. The summed E-state index contributed by atoms with van der Waals surface area (Å²) in [6, 6.07) is 4.64. The Hall–Kier alpha value is -1.74. The monoisotopic (exact) mass is 295 g/mol. The standard InChI is InChI=1S/C13H21N5O3/c14-15-13-2-1-12(18(20)21)9-11(13)10-17-5-3-16(4-6-17)7-8-19/h1-2,9,15,19H,3-8,10,14H2. The molecule has 4 N–H and O–H groups in total. The fraction of sp³-hybridized carbons (Fsp3) is 0.538. The van der Waals surface area contributed by atoms with E-state index in [1.165, 1.54) is 6.07 Å². The van der Waals surface area contributed by atoms with Gasteiger partial charge in [-0.1, -0.05) is 0 Å². The number of aliphatic hydroxyl groups is 1. The lowest BCUT2D eigenvalue weighted by atomic mass is 10.1. The smallest absolute Gasteiger partial charge is 0.269 e. The number of nitro groups is 1. The van der Waals surface area contributed by atoms with Crippen molar-refractivity contribution < 1.29 is 10.0 Å². The number of aliphatic hydroxyl groups excluding tert-OH is 1. The van der Waals surface area contributed by atoms with Crippen LogP contribution < -0.4 is 11.3 Å². The molecule has 0 aliphatic carbocycles. The maximum atomic E-state index is 10.9. The minimum atomic E-state index is -0.400. The van der Waals surface area contributed by atoms with Gasteiger partial charge in [0.1, 0.15) is 0 Å². The van der Waals surface area contributed by atoms with E-state index in [-0.39, 0.29) is 12.3 Å². The van der Waals surface area contributed by atoms with Gasteiger partial charge in [0.25, 0.3) is 5.69 Å². The van der Waals surface area contributed by atoms with Gasteiger partial charge in [0.2, 0.25) is 0 Å². The molecule has 0 bridgehead atoms. The summed E-state index contributed by atoms with van der Waals surface area (Å²) < 4.78 is 0. The van der Waals surface area contributed by atoms with Crippen molar-refractivity contribution in [1.29, 1.82) is 0 Å². The molecule has 1 aromatic carbocycles. The number of piperazine rings is 1. The van der Waals surface area contributed by atoms with E-state index in [1.54, 1.807) is 12.1 Å². The first-order valence-electron chi connectivity index (χ1n) is 6.93. The van der Waals surface area contributed by atoms with E-state index in [0.29, 0.717) is 18.8 Å². The molecule has 0 aromatic heterocycles. The Morgan fingerprint density at radius 3 is 2.52 bits per heavy atom. The number of benzene rings is 1. The molecule has 21 heavy (non-hydrogen) atoms. The molecule has 1 saturated heterocycles. The molecule has 1 aliphatic heterocycles. The number of β-amino-alcohol motifs (C(OH)–C–C–N with tert-alkyl or cyclic N) is 1. The predicted molar refractivity (Wildman–Crippen MR) is 79.7 cm³/mol. The number of hydrogen-bond acceptors (Lipinski definition) is 7. The number of nitrogen functional groups attached to an aromatic ring is 1. The average molecular weight is 295 g/mol. The van der Waals surface area contributed by atoms with Gasteiger partial charge in [-0.3, -0.25) is 25.8 Å². The summed E-state index contributed by atoms with van der Waals surface area (Å²) in [4.78, 5) is 14.9. The fourth-order valence-electron chi connectivity index (χ4n) is 2.52. The highest BCUT2D eigenvalue weighted by atomic mass is 16.6. The largest absolute Gasteiger partial charge is 0.395 e. The van der Waals surface area contributed by atoms with Crippen molar-refractivity contribution in [3.8, 4) is 0 Å². The van der Waals surface area contributed by atoms with Gasteiger partial charge in [-0.05, 0) is 11.6 Å². The van der Waals surface area contributed by atoms with Gasteiger partial charge >= 0.3 is 0 Å². The summed E-state index contributed by atoms with van der Waals surface area (Å²) in [6.45, 7) is 5.00. The van der Waals surface area contributed by atoms with Crippen molar-refractivity contribution in [2.24, 2.45) is 5.84 Å². The predicted octanol–water partition coefficient (Wildman–Crippen LogP) is -0.00970. The van der Waals surface area contributed by atoms with Crippen LogP contribution in [0.15, 0.2) is 18.2 Å². The highest BCUT2D eigenvalue weighted by molar-refractivity contribution is 5.55. The number of hydrazine groups is 1. The SMILES string of the molecule is NNc1ccc([N+](=O)[O-])cc1CN1CCN(CCO)CC1. The van der Waals surface area contributed by atoms with Crippen LogP contribution in [0.4, 0.5) is 11.4 Å². The molecular formula is C13H21N5O3. The van der Waals surface area contributed by atoms with Gasteiger partial charge in [-0.25, -0.2) is 0 Å². The second-order valence-electron chi connectivity index (χ2n) is 5.08. The number of nitrogens with one attached hydrogen (secondary N) is 1. The topological polar surface area (TPSA) is 108 Å². The lowest BCUT2D eigenvalue weighted by Crippen LogP contribution is -2.46. The second kappa shape index (κ2) is 7.32. The fourth-order valence-corrected chi connectivity index (χ4v) is 2.52. The van der Waals surface area contributed by atoms with Crippen molar-refractivity contribution in [2.45, 2.75) is 6.54 Å². The molecule has 0 radical (unpaired) electrons. The minimum absolute atomic E-state index is 0.0721. The minimum Gasteiger partial charge on any atom is -0.395 e. The number of nitrogens with zero attached hydrogens (tertiary/aromatic N) is 3. The molecule has 0 atom stereocenters. The summed E-state index contributed by atoms with van der Waals surface area (Å²) in [5.74, 6) is 5.47. The van der Waals surface area contributed by atoms with E-state index in [4.69, 9.17) is 10.9 Å². The molecule has 8 heteroatoms. The zero-order valence-electron chi connectivity index (χ0n) is 11.9. The van der Waals surface area contributed by atoms with E-state index >= 15 is 0 Å². The van der Waals surface area contributed by atoms with Gasteiger partial charge in [0.15, 0.2) is 0 Å². The van der Waals surface area contributed by atoms with Crippen LogP contribution in [0, 0.1) is 10.1 Å². The van der Waals surface area contributed by atoms with Gasteiger partial charge in [-0.2, -0.15) is 0 Å². The van der Waals surface area contributed by atoms with Crippen LogP contribution in [0.5, 0.6) is 0 Å². The van der Waals surface area contributed by atoms with Gasteiger partial charge < -0.3 is 10.5 Å². The summed E-state index contributed by atoms with van der Waals surface area (Å²) in [5, 5.41) is 19.8. The first-order chi connectivity index (χ1) is 10.1. The average Bonchev–Trinajstić information content (AvgIpc) is 2.49. The van der Waals surface area contributed by atoms with Crippen molar-refractivity contribution in [2.75, 3.05) is 44.8 Å². The Morgan fingerprint density at radius 2 is 1.95 bits per heavy atom. The zero-order valence-corrected chi connectivity index (χ0v) is 11.9. The molecule has 8 nitrogen and oxygen atoms in total. The molecular weight excluding hydrogens is 274 g/mol. The highest BCUT2D eigenvalue weighted by Gasteiger charge is 2.18. The first kappa shape index (κ1) is 15.6. The van der Waals surface area contributed by atoms with Crippen molar-refractivity contribution in [1.82, 2.24) is 9.80 Å². The van der Waals surface area contributed by atoms with Crippen LogP contribution >= 0.6 is 0 Å². The maximum Gasteiger partial charge on any atom is 0.269 e. The summed E-state index contributed by atoms with van der Waals surface area (Å²) in [5.41, 5.74) is 4.19. The molecule has 0 unspecified atom stereocenters. The molecule has 0 saturated carbocycles. The molecule has 0 spiro atoms. The highest BCUT2D eigenvalue weighted by Crippen LogP contribution is 2.23. The third-order valence-electron chi connectivity index (χ3n) is 3.73. The molecule has 1 heterocycles. The quantitative estimate of drug-likeness (QED) is 0.385. The lowest BCUT2D eigenvalue weighted by Gasteiger charge is -2.34. The molecule has 2 rings (SSSR count). The van der Waals surface area contributed by atoms with Crippen LogP contribution in [0.1, 0.15) is 5.56 Å². The number of anilines is 1. The third-order valence-corrected chi connectivity index (χ3v) is 3.73. The number of non-ortho nitro benzene ring substituents is 1. The Morgan fingerprint density at radius 1 is 1.29 bits per heavy atom. The van der Waals surface area contributed by atoms with E-state index in [9.17, 15) is 10.1 Å². The van der Waals surface area contributed by atoms with Crippen molar-refractivity contribution in [3.05, 3.63) is 33.9 Å². The van der Waals surface area contributed by atoms with Gasteiger partial charge in [-0.15, -0.1) is 0 Å². The molecule has 1 aromatic rings. The van der Waals surface area contributed by atoms with Crippen molar-refractivity contribution >= 4 is 11.4 Å².